The van der Waals surface area contributed by atoms with Crippen LogP contribution < -0.4 is 0 Å². The summed E-state index contributed by atoms with van der Waals surface area (Å²) in [5.41, 5.74) is 2.28. The van der Waals surface area contributed by atoms with Gasteiger partial charge in [0.1, 0.15) is 0 Å². The zero-order valence-corrected chi connectivity index (χ0v) is 14.2. The minimum absolute atomic E-state index is 0.132. The van der Waals surface area contributed by atoms with Gasteiger partial charge in [-0.15, -0.1) is 0 Å². The van der Waals surface area contributed by atoms with Gasteiger partial charge in [-0.2, -0.15) is 10.4 Å². The van der Waals surface area contributed by atoms with E-state index in [0.29, 0.717) is 0 Å². The fraction of sp³-hybridized carbons (Fsp3) is 0.733. The van der Waals surface area contributed by atoms with E-state index in [1.165, 1.54) is 5.69 Å². The van der Waals surface area contributed by atoms with E-state index in [1.807, 2.05) is 0 Å². The molecule has 5 heteroatoms. The molecule has 0 amide bonds. The maximum atomic E-state index is 9.20. The lowest BCUT2D eigenvalue weighted by molar-refractivity contribution is 0.147. The summed E-state index contributed by atoms with van der Waals surface area (Å²) in [6.07, 6.45) is 2.87. The van der Waals surface area contributed by atoms with E-state index in [0.717, 1.165) is 55.6 Å². The van der Waals surface area contributed by atoms with Gasteiger partial charge in [-0.05, 0) is 49.0 Å². The first-order valence-corrected chi connectivity index (χ1v) is 8.20. The second kappa shape index (κ2) is 6.28. The summed E-state index contributed by atoms with van der Waals surface area (Å²) >= 11 is 3.70. The van der Waals surface area contributed by atoms with Crippen LogP contribution in [0.1, 0.15) is 45.0 Å². The zero-order valence-electron chi connectivity index (χ0n) is 12.6. The molecule has 0 spiro atoms. The lowest BCUT2D eigenvalue weighted by Crippen LogP contribution is -2.38. The molecule has 1 aliphatic heterocycles. The van der Waals surface area contributed by atoms with Crippen molar-refractivity contribution < 1.29 is 0 Å². The van der Waals surface area contributed by atoms with Gasteiger partial charge in [0.15, 0.2) is 0 Å². The highest BCUT2D eigenvalue weighted by Crippen LogP contribution is 2.31. The molecule has 0 N–H and O–H groups in total. The maximum absolute atomic E-state index is 9.20. The van der Waals surface area contributed by atoms with Crippen molar-refractivity contribution in [2.45, 2.75) is 53.1 Å². The van der Waals surface area contributed by atoms with Crippen LogP contribution in [0.15, 0.2) is 4.47 Å². The third kappa shape index (κ3) is 3.07. The molecule has 1 fully saturated rings. The quantitative estimate of drug-likeness (QED) is 0.845. The molecule has 1 saturated heterocycles. The molecule has 110 valence electrons. The first-order chi connectivity index (χ1) is 9.53. The van der Waals surface area contributed by atoms with Crippen molar-refractivity contribution in [2.24, 2.45) is 5.41 Å². The van der Waals surface area contributed by atoms with Crippen LogP contribution in [-0.2, 0) is 19.5 Å². The molecule has 4 nitrogen and oxygen atoms in total. The fourth-order valence-electron chi connectivity index (χ4n) is 2.70. The molecule has 0 aliphatic carbocycles. The second-order valence-corrected chi connectivity index (χ2v) is 6.62. The highest BCUT2D eigenvalue weighted by Gasteiger charge is 2.30. The van der Waals surface area contributed by atoms with Crippen molar-refractivity contribution in [2.75, 3.05) is 13.1 Å². The van der Waals surface area contributed by atoms with Gasteiger partial charge in [-0.25, -0.2) is 0 Å². The average Bonchev–Trinajstić information content (AvgIpc) is 2.78. The van der Waals surface area contributed by atoms with Crippen LogP contribution in [0.5, 0.6) is 0 Å². The number of nitriles is 1. The van der Waals surface area contributed by atoms with Crippen LogP contribution in [0.3, 0.4) is 0 Å². The minimum Gasteiger partial charge on any atom is -0.297 e. The van der Waals surface area contributed by atoms with Crippen LogP contribution in [-0.4, -0.2) is 27.8 Å². The summed E-state index contributed by atoms with van der Waals surface area (Å²) in [5, 5.41) is 13.8. The highest BCUT2D eigenvalue weighted by atomic mass is 79.9. The van der Waals surface area contributed by atoms with Crippen LogP contribution in [0.25, 0.3) is 0 Å². The molecule has 20 heavy (non-hydrogen) atoms. The molecule has 0 unspecified atom stereocenters. The number of aryl methyl sites for hydroxylation is 2. The molecule has 0 aromatic carbocycles. The summed E-state index contributed by atoms with van der Waals surface area (Å²) < 4.78 is 3.26. The van der Waals surface area contributed by atoms with Crippen LogP contribution >= 0.6 is 15.9 Å². The van der Waals surface area contributed by atoms with E-state index in [2.05, 4.69) is 57.5 Å². The van der Waals surface area contributed by atoms with Crippen LogP contribution in [0.4, 0.5) is 0 Å². The number of halogens is 1. The van der Waals surface area contributed by atoms with Crippen LogP contribution in [0.2, 0.25) is 0 Å². The van der Waals surface area contributed by atoms with Gasteiger partial charge < -0.3 is 0 Å². The molecule has 2 rings (SSSR count). The van der Waals surface area contributed by atoms with Crippen molar-refractivity contribution in [3.05, 3.63) is 15.9 Å². The van der Waals surface area contributed by atoms with Gasteiger partial charge in [-0.3, -0.25) is 9.58 Å². The second-order valence-electron chi connectivity index (χ2n) is 5.83. The number of aromatic nitrogens is 2. The van der Waals surface area contributed by atoms with E-state index in [1.54, 1.807) is 0 Å². The fourth-order valence-corrected chi connectivity index (χ4v) is 3.39. The summed E-state index contributed by atoms with van der Waals surface area (Å²) in [5.74, 6) is 0. The Morgan fingerprint density at radius 1 is 1.35 bits per heavy atom. The molecule has 1 aromatic rings. The van der Waals surface area contributed by atoms with Crippen molar-refractivity contribution in [3.63, 3.8) is 0 Å². The smallest absolute Gasteiger partial charge is 0.0767 e. The first kappa shape index (κ1) is 15.5. The molecule has 0 radical (unpaired) electrons. The lowest BCUT2D eigenvalue weighted by atomic mass is 9.82. The Morgan fingerprint density at radius 2 is 2.00 bits per heavy atom. The molecule has 0 bridgehead atoms. The largest absolute Gasteiger partial charge is 0.297 e. The average molecular weight is 339 g/mol. The van der Waals surface area contributed by atoms with Crippen molar-refractivity contribution in [1.82, 2.24) is 14.7 Å². The molecule has 1 aromatic heterocycles. The maximum Gasteiger partial charge on any atom is 0.0767 e. The molecule has 2 heterocycles. The third-order valence-electron chi connectivity index (χ3n) is 4.30. The number of rotatable bonds is 4. The Hall–Kier alpha value is -0.860. The predicted octanol–water partition coefficient (Wildman–Crippen LogP) is 3.35. The molecular formula is C15H23BrN4. The van der Waals surface area contributed by atoms with E-state index in [-0.39, 0.29) is 5.41 Å². The summed E-state index contributed by atoms with van der Waals surface area (Å²) in [6, 6.07) is 2.46. The van der Waals surface area contributed by atoms with E-state index >= 15 is 0 Å². The molecular weight excluding hydrogens is 316 g/mol. The van der Waals surface area contributed by atoms with Crippen LogP contribution in [0, 0.1) is 16.7 Å². The predicted molar refractivity (Wildman–Crippen MR) is 83.2 cm³/mol. The molecule has 0 atom stereocenters. The summed E-state index contributed by atoms with van der Waals surface area (Å²) in [6.45, 7) is 10.1. The molecule has 1 aliphatic rings. The van der Waals surface area contributed by atoms with Crippen molar-refractivity contribution in [3.8, 4) is 6.07 Å². The lowest BCUT2D eigenvalue weighted by Gasteiger charge is -2.34. The van der Waals surface area contributed by atoms with E-state index < -0.39 is 0 Å². The Morgan fingerprint density at radius 3 is 2.50 bits per heavy atom. The van der Waals surface area contributed by atoms with Gasteiger partial charge >= 0.3 is 0 Å². The Labute approximate surface area is 129 Å². The number of hydrogen-bond donors (Lipinski definition) is 0. The monoisotopic (exact) mass is 338 g/mol. The van der Waals surface area contributed by atoms with Crippen molar-refractivity contribution >= 4 is 15.9 Å². The van der Waals surface area contributed by atoms with Gasteiger partial charge in [-0.1, -0.05) is 6.92 Å². The first-order valence-electron chi connectivity index (χ1n) is 7.40. The highest BCUT2D eigenvalue weighted by molar-refractivity contribution is 9.10. The Bertz CT molecular complexity index is 507. The van der Waals surface area contributed by atoms with Gasteiger partial charge in [0.2, 0.25) is 0 Å². The topological polar surface area (TPSA) is 44.9 Å². The van der Waals surface area contributed by atoms with E-state index in [9.17, 15) is 5.26 Å². The van der Waals surface area contributed by atoms with Gasteiger partial charge in [0.05, 0.1) is 27.3 Å². The molecule has 0 saturated carbocycles. The Balaban J connectivity index is 2.08. The van der Waals surface area contributed by atoms with Crippen molar-refractivity contribution in [1.29, 1.82) is 5.26 Å². The SMILES string of the molecule is CCc1nn(CC)c(CN2CCC(C)(C#N)CC2)c1Br. The number of piperidine rings is 1. The van der Waals surface area contributed by atoms with E-state index in [4.69, 9.17) is 0 Å². The third-order valence-corrected chi connectivity index (χ3v) is 5.21. The number of hydrogen-bond acceptors (Lipinski definition) is 3. The zero-order chi connectivity index (χ0) is 14.8. The normalized spacial score (nSPS) is 18.9. The Kier molecular flexibility index (Phi) is 4.87. The summed E-state index contributed by atoms with van der Waals surface area (Å²) in [7, 11) is 0. The van der Waals surface area contributed by atoms with Gasteiger partial charge in [0.25, 0.3) is 0 Å². The standard InChI is InChI=1S/C15H23BrN4/c1-4-12-14(16)13(20(5-2)18-12)10-19-8-6-15(3,11-17)7-9-19/h4-10H2,1-3H3. The number of likely N-dealkylation sites (tertiary alicyclic amines) is 1. The number of nitrogens with zero attached hydrogens (tertiary/aromatic N) is 4. The summed E-state index contributed by atoms with van der Waals surface area (Å²) in [4.78, 5) is 2.44. The minimum atomic E-state index is -0.132. The van der Waals surface area contributed by atoms with Gasteiger partial charge in [0, 0.05) is 26.2 Å².